The predicted octanol–water partition coefficient (Wildman–Crippen LogP) is 2.04. The van der Waals surface area contributed by atoms with Crippen molar-refractivity contribution in [2.24, 2.45) is 0 Å². The van der Waals surface area contributed by atoms with Crippen LogP contribution in [0.4, 0.5) is 5.69 Å². The molecule has 0 radical (unpaired) electrons. The number of anilines is 1. The zero-order chi connectivity index (χ0) is 14.4. The highest BCUT2D eigenvalue weighted by Gasteiger charge is 2.20. The summed E-state index contributed by atoms with van der Waals surface area (Å²) in [6.07, 6.45) is 2.27. The largest absolute Gasteiger partial charge is 0.394 e. The van der Waals surface area contributed by atoms with Crippen molar-refractivity contribution in [2.75, 3.05) is 38.3 Å². The fraction of sp³-hybridized carbons (Fsp3) is 0.600. The van der Waals surface area contributed by atoms with Gasteiger partial charge in [-0.05, 0) is 37.6 Å². The molecular weight excluding hydrogens is 276 g/mol. The fourth-order valence-corrected chi connectivity index (χ4v) is 2.81. The minimum absolute atomic E-state index is 0.0999. The number of hydrogen-bond acceptors (Lipinski definition) is 4. The molecule has 112 valence electrons. The van der Waals surface area contributed by atoms with E-state index in [9.17, 15) is 0 Å². The summed E-state index contributed by atoms with van der Waals surface area (Å²) >= 11 is 6.31. The Hall–Kier alpha value is -0.810. The molecule has 1 fully saturated rings. The van der Waals surface area contributed by atoms with E-state index in [1.165, 1.54) is 5.69 Å². The van der Waals surface area contributed by atoms with Crippen molar-refractivity contribution in [2.45, 2.75) is 25.5 Å². The Morgan fingerprint density at radius 3 is 2.75 bits per heavy atom. The number of piperidine rings is 1. The number of benzene rings is 1. The molecule has 1 saturated heterocycles. The lowest BCUT2D eigenvalue weighted by Crippen LogP contribution is -2.37. The average Bonchev–Trinajstić information content (AvgIpc) is 2.48. The average molecular weight is 299 g/mol. The van der Waals surface area contributed by atoms with Crippen LogP contribution in [0.25, 0.3) is 0 Å². The summed E-state index contributed by atoms with van der Waals surface area (Å²) in [5, 5.41) is 12.7. The first-order valence-electron chi connectivity index (χ1n) is 7.15. The van der Waals surface area contributed by atoms with Gasteiger partial charge in [0.1, 0.15) is 0 Å². The maximum atomic E-state index is 8.77. The van der Waals surface area contributed by atoms with E-state index >= 15 is 0 Å². The molecule has 2 rings (SSSR count). The normalized spacial score (nSPS) is 16.6. The number of nitrogens with zero attached hydrogens (tertiary/aromatic N) is 1. The van der Waals surface area contributed by atoms with Gasteiger partial charge in [0, 0.05) is 30.3 Å². The summed E-state index contributed by atoms with van der Waals surface area (Å²) in [6, 6.07) is 6.26. The van der Waals surface area contributed by atoms with Crippen LogP contribution < -0.4 is 10.2 Å². The standard InChI is InChI=1S/C15H23ClN2O2/c1-17-11-12-2-3-13(10-15(12)16)18-6-4-14(5-7-18)20-9-8-19/h2-3,10,14,17,19H,4-9,11H2,1H3. The van der Waals surface area contributed by atoms with Gasteiger partial charge in [-0.25, -0.2) is 0 Å². The number of hydrogen-bond donors (Lipinski definition) is 2. The second kappa shape index (κ2) is 7.84. The molecule has 1 heterocycles. The topological polar surface area (TPSA) is 44.7 Å². The maximum absolute atomic E-state index is 8.77. The number of halogens is 1. The van der Waals surface area contributed by atoms with Gasteiger partial charge in [-0.3, -0.25) is 0 Å². The third-order valence-corrected chi connectivity index (χ3v) is 4.01. The molecule has 2 N–H and O–H groups in total. The molecule has 4 nitrogen and oxygen atoms in total. The molecular formula is C15H23ClN2O2. The first kappa shape index (κ1) is 15.6. The van der Waals surface area contributed by atoms with Crippen LogP contribution in [0.1, 0.15) is 18.4 Å². The minimum Gasteiger partial charge on any atom is -0.394 e. The van der Waals surface area contributed by atoms with Crippen molar-refractivity contribution in [3.8, 4) is 0 Å². The van der Waals surface area contributed by atoms with E-state index in [1.54, 1.807) is 0 Å². The molecule has 20 heavy (non-hydrogen) atoms. The van der Waals surface area contributed by atoms with Gasteiger partial charge < -0.3 is 20.1 Å². The summed E-state index contributed by atoms with van der Waals surface area (Å²) in [5.41, 5.74) is 2.30. The Labute approximate surface area is 125 Å². The Balaban J connectivity index is 1.91. The van der Waals surface area contributed by atoms with Crippen LogP contribution in [0.3, 0.4) is 0 Å². The van der Waals surface area contributed by atoms with E-state index < -0.39 is 0 Å². The molecule has 0 atom stereocenters. The third kappa shape index (κ3) is 4.09. The first-order valence-corrected chi connectivity index (χ1v) is 7.53. The van der Waals surface area contributed by atoms with Gasteiger partial charge in [-0.15, -0.1) is 0 Å². The van der Waals surface area contributed by atoms with E-state index in [0.717, 1.165) is 43.1 Å². The van der Waals surface area contributed by atoms with E-state index in [2.05, 4.69) is 22.3 Å². The van der Waals surface area contributed by atoms with Gasteiger partial charge in [-0.2, -0.15) is 0 Å². The SMILES string of the molecule is CNCc1ccc(N2CCC(OCCO)CC2)cc1Cl. The van der Waals surface area contributed by atoms with Gasteiger partial charge in [-0.1, -0.05) is 17.7 Å². The van der Waals surface area contributed by atoms with Crippen molar-refractivity contribution in [3.63, 3.8) is 0 Å². The van der Waals surface area contributed by atoms with Crippen LogP contribution in [-0.4, -0.2) is 44.6 Å². The Bertz CT molecular complexity index is 420. The smallest absolute Gasteiger partial charge is 0.0701 e. The second-order valence-corrected chi connectivity index (χ2v) is 5.49. The lowest BCUT2D eigenvalue weighted by atomic mass is 10.1. The van der Waals surface area contributed by atoms with Crippen LogP contribution in [-0.2, 0) is 11.3 Å². The molecule has 5 heteroatoms. The zero-order valence-electron chi connectivity index (χ0n) is 11.9. The summed E-state index contributed by atoms with van der Waals surface area (Å²) in [5.74, 6) is 0. The van der Waals surface area contributed by atoms with E-state index in [0.29, 0.717) is 6.61 Å². The highest BCUT2D eigenvalue weighted by atomic mass is 35.5. The fourth-order valence-electron chi connectivity index (χ4n) is 2.57. The maximum Gasteiger partial charge on any atom is 0.0701 e. The molecule has 0 aromatic heterocycles. The second-order valence-electron chi connectivity index (χ2n) is 5.09. The minimum atomic E-state index is 0.0999. The van der Waals surface area contributed by atoms with Gasteiger partial charge in [0.25, 0.3) is 0 Å². The Kier molecular flexibility index (Phi) is 6.10. The van der Waals surface area contributed by atoms with E-state index in [1.807, 2.05) is 13.1 Å². The Morgan fingerprint density at radius 1 is 1.40 bits per heavy atom. The molecule has 0 saturated carbocycles. The van der Waals surface area contributed by atoms with Crippen molar-refractivity contribution in [1.29, 1.82) is 0 Å². The zero-order valence-corrected chi connectivity index (χ0v) is 12.7. The summed E-state index contributed by atoms with van der Waals surface area (Å²) < 4.78 is 5.58. The van der Waals surface area contributed by atoms with Crippen molar-refractivity contribution in [3.05, 3.63) is 28.8 Å². The van der Waals surface area contributed by atoms with Crippen LogP contribution in [0, 0.1) is 0 Å². The van der Waals surface area contributed by atoms with Gasteiger partial charge in [0.2, 0.25) is 0 Å². The van der Waals surface area contributed by atoms with Gasteiger partial charge in [0.05, 0.1) is 19.3 Å². The first-order chi connectivity index (χ1) is 9.74. The van der Waals surface area contributed by atoms with Crippen molar-refractivity contribution >= 4 is 17.3 Å². The van der Waals surface area contributed by atoms with Crippen LogP contribution in [0.2, 0.25) is 5.02 Å². The molecule has 0 bridgehead atoms. The molecule has 0 unspecified atom stereocenters. The number of rotatable bonds is 6. The van der Waals surface area contributed by atoms with Crippen LogP contribution in [0.15, 0.2) is 18.2 Å². The molecule has 1 aliphatic rings. The van der Waals surface area contributed by atoms with Gasteiger partial charge in [0.15, 0.2) is 0 Å². The monoisotopic (exact) mass is 298 g/mol. The lowest BCUT2D eigenvalue weighted by molar-refractivity contribution is 0.0159. The van der Waals surface area contributed by atoms with Crippen LogP contribution in [0.5, 0.6) is 0 Å². The quantitative estimate of drug-likeness (QED) is 0.843. The van der Waals surface area contributed by atoms with Gasteiger partial charge >= 0.3 is 0 Å². The number of aliphatic hydroxyl groups excluding tert-OH is 1. The van der Waals surface area contributed by atoms with E-state index in [4.69, 9.17) is 21.4 Å². The Morgan fingerprint density at radius 2 is 2.15 bits per heavy atom. The number of aliphatic hydroxyl groups is 1. The number of nitrogens with one attached hydrogen (secondary N) is 1. The molecule has 1 aromatic rings. The summed E-state index contributed by atoms with van der Waals surface area (Å²) in [6.45, 7) is 3.27. The third-order valence-electron chi connectivity index (χ3n) is 3.66. The number of ether oxygens (including phenoxy) is 1. The predicted molar refractivity (Wildman–Crippen MR) is 82.5 cm³/mol. The highest BCUT2D eigenvalue weighted by molar-refractivity contribution is 6.31. The molecule has 1 aromatic carbocycles. The van der Waals surface area contributed by atoms with E-state index in [-0.39, 0.29) is 12.7 Å². The molecule has 0 spiro atoms. The molecule has 1 aliphatic heterocycles. The highest BCUT2D eigenvalue weighted by Crippen LogP contribution is 2.26. The lowest BCUT2D eigenvalue weighted by Gasteiger charge is -2.33. The van der Waals surface area contributed by atoms with Crippen molar-refractivity contribution < 1.29 is 9.84 Å². The molecule has 0 aliphatic carbocycles. The summed E-state index contributed by atoms with van der Waals surface area (Å²) in [7, 11) is 1.92. The molecule has 0 amide bonds. The van der Waals surface area contributed by atoms with Crippen molar-refractivity contribution in [1.82, 2.24) is 5.32 Å². The van der Waals surface area contributed by atoms with Crippen LogP contribution >= 0.6 is 11.6 Å². The summed E-state index contributed by atoms with van der Waals surface area (Å²) in [4.78, 5) is 2.34.